The van der Waals surface area contributed by atoms with Crippen molar-refractivity contribution in [3.05, 3.63) is 23.9 Å². The summed E-state index contributed by atoms with van der Waals surface area (Å²) < 4.78 is 36.8. The number of halogens is 3. The number of rotatable bonds is 2. The molecule has 0 aromatic carbocycles. The summed E-state index contributed by atoms with van der Waals surface area (Å²) in [6.45, 7) is 0. The van der Waals surface area contributed by atoms with Crippen molar-refractivity contribution in [1.82, 2.24) is 4.98 Å². The van der Waals surface area contributed by atoms with Gasteiger partial charge < -0.3 is 5.32 Å². The molecule has 2 rings (SSSR count). The molecule has 0 saturated heterocycles. The number of hydrogen-bond acceptors (Lipinski definition) is 2. The lowest BCUT2D eigenvalue weighted by Crippen LogP contribution is -2.15. The van der Waals surface area contributed by atoms with E-state index in [4.69, 9.17) is 0 Å². The zero-order chi connectivity index (χ0) is 11.6. The van der Waals surface area contributed by atoms with Crippen molar-refractivity contribution in [3.8, 4) is 0 Å². The summed E-state index contributed by atoms with van der Waals surface area (Å²) in [5.41, 5.74) is -0.704. The lowest BCUT2D eigenvalue weighted by molar-refractivity contribution is -0.137. The fraction of sp³-hybridized carbons (Fsp3) is 0.545. The summed E-state index contributed by atoms with van der Waals surface area (Å²) in [5.74, 6) is 0.528. The van der Waals surface area contributed by atoms with Gasteiger partial charge in [-0.3, -0.25) is 0 Å². The Bertz CT molecular complexity index is 339. The summed E-state index contributed by atoms with van der Waals surface area (Å²) in [6, 6.07) is 2.81. The van der Waals surface area contributed by atoms with Crippen LogP contribution in [0.5, 0.6) is 0 Å². The van der Waals surface area contributed by atoms with E-state index < -0.39 is 11.7 Å². The van der Waals surface area contributed by atoms with E-state index in [2.05, 4.69) is 10.3 Å². The van der Waals surface area contributed by atoms with Gasteiger partial charge in [0.15, 0.2) is 0 Å². The average molecular weight is 230 g/mol. The number of pyridine rings is 1. The summed E-state index contributed by atoms with van der Waals surface area (Å²) in [6.07, 6.45) is 1.07. The number of anilines is 1. The molecule has 0 aliphatic heterocycles. The maximum atomic E-state index is 12.3. The van der Waals surface area contributed by atoms with Gasteiger partial charge in [-0.25, -0.2) is 4.98 Å². The first kappa shape index (κ1) is 11.2. The van der Waals surface area contributed by atoms with Crippen LogP contribution in [0, 0.1) is 0 Å². The molecule has 1 fully saturated rings. The van der Waals surface area contributed by atoms with Gasteiger partial charge in [0.1, 0.15) is 5.82 Å². The molecule has 1 aromatic heterocycles. The number of hydrogen-bond donors (Lipinski definition) is 1. The van der Waals surface area contributed by atoms with Crippen molar-refractivity contribution in [2.45, 2.75) is 37.9 Å². The third-order valence-corrected chi connectivity index (χ3v) is 2.80. The molecule has 1 saturated carbocycles. The van der Waals surface area contributed by atoms with E-state index in [0.717, 1.165) is 25.1 Å². The Labute approximate surface area is 91.9 Å². The van der Waals surface area contributed by atoms with E-state index in [0.29, 0.717) is 11.9 Å². The van der Waals surface area contributed by atoms with Crippen LogP contribution in [-0.2, 0) is 6.18 Å². The normalized spacial score (nSPS) is 17.7. The largest absolute Gasteiger partial charge is 0.417 e. The molecule has 0 amide bonds. The summed E-state index contributed by atoms with van der Waals surface area (Å²) in [5, 5.41) is 3.14. The zero-order valence-corrected chi connectivity index (χ0v) is 8.72. The van der Waals surface area contributed by atoms with Crippen LogP contribution in [0.4, 0.5) is 19.0 Å². The fourth-order valence-electron chi connectivity index (χ4n) is 1.93. The van der Waals surface area contributed by atoms with Crippen LogP contribution >= 0.6 is 0 Å². The Hall–Kier alpha value is -1.26. The third kappa shape index (κ3) is 2.65. The standard InChI is InChI=1S/C11H13F3N2/c12-11(13,14)8-5-6-10(15-7-8)16-9-3-1-2-4-9/h5-7,9H,1-4H2,(H,15,16). The van der Waals surface area contributed by atoms with Gasteiger partial charge in [0.05, 0.1) is 5.56 Å². The predicted octanol–water partition coefficient (Wildman–Crippen LogP) is 3.45. The minimum Gasteiger partial charge on any atom is -0.367 e. The lowest BCUT2D eigenvalue weighted by Gasteiger charge is -2.13. The molecule has 0 radical (unpaired) electrons. The van der Waals surface area contributed by atoms with Crippen molar-refractivity contribution < 1.29 is 13.2 Å². The highest BCUT2D eigenvalue weighted by molar-refractivity contribution is 5.37. The molecule has 1 aromatic rings. The first-order chi connectivity index (χ1) is 7.55. The lowest BCUT2D eigenvalue weighted by atomic mass is 10.2. The van der Waals surface area contributed by atoms with Gasteiger partial charge in [-0.2, -0.15) is 13.2 Å². The van der Waals surface area contributed by atoms with E-state index in [1.54, 1.807) is 0 Å². The zero-order valence-electron chi connectivity index (χ0n) is 8.72. The Morgan fingerprint density at radius 2 is 1.88 bits per heavy atom. The van der Waals surface area contributed by atoms with Crippen LogP contribution in [-0.4, -0.2) is 11.0 Å². The van der Waals surface area contributed by atoms with Crippen molar-refractivity contribution >= 4 is 5.82 Å². The number of alkyl halides is 3. The molecule has 16 heavy (non-hydrogen) atoms. The number of nitrogens with zero attached hydrogens (tertiary/aromatic N) is 1. The minimum atomic E-state index is -4.31. The van der Waals surface area contributed by atoms with Crippen molar-refractivity contribution in [3.63, 3.8) is 0 Å². The number of nitrogens with one attached hydrogen (secondary N) is 1. The Kier molecular flexibility index (Phi) is 3.03. The smallest absolute Gasteiger partial charge is 0.367 e. The second-order valence-electron chi connectivity index (χ2n) is 4.06. The Morgan fingerprint density at radius 1 is 1.19 bits per heavy atom. The van der Waals surface area contributed by atoms with E-state index in [-0.39, 0.29) is 0 Å². The molecule has 88 valence electrons. The van der Waals surface area contributed by atoms with Gasteiger partial charge in [-0.1, -0.05) is 12.8 Å². The maximum absolute atomic E-state index is 12.3. The maximum Gasteiger partial charge on any atom is 0.417 e. The Morgan fingerprint density at radius 3 is 2.38 bits per heavy atom. The molecule has 1 aliphatic carbocycles. The topological polar surface area (TPSA) is 24.9 Å². The average Bonchev–Trinajstić information content (AvgIpc) is 2.70. The molecular weight excluding hydrogens is 217 g/mol. The molecule has 0 spiro atoms. The predicted molar refractivity (Wildman–Crippen MR) is 55.1 cm³/mol. The molecule has 0 bridgehead atoms. The first-order valence-corrected chi connectivity index (χ1v) is 5.35. The summed E-state index contributed by atoms with van der Waals surface area (Å²) >= 11 is 0. The third-order valence-electron chi connectivity index (χ3n) is 2.80. The van der Waals surface area contributed by atoms with Crippen LogP contribution in [0.25, 0.3) is 0 Å². The van der Waals surface area contributed by atoms with Crippen LogP contribution in [0.15, 0.2) is 18.3 Å². The van der Waals surface area contributed by atoms with Crippen molar-refractivity contribution in [2.75, 3.05) is 5.32 Å². The minimum absolute atomic E-state index is 0.365. The van der Waals surface area contributed by atoms with Crippen LogP contribution in [0.1, 0.15) is 31.2 Å². The fourth-order valence-corrected chi connectivity index (χ4v) is 1.93. The van der Waals surface area contributed by atoms with Gasteiger partial charge in [-0.15, -0.1) is 0 Å². The summed E-state index contributed by atoms with van der Waals surface area (Å²) in [4.78, 5) is 3.78. The monoisotopic (exact) mass is 230 g/mol. The highest BCUT2D eigenvalue weighted by Gasteiger charge is 2.30. The van der Waals surface area contributed by atoms with Crippen molar-refractivity contribution in [1.29, 1.82) is 0 Å². The molecule has 5 heteroatoms. The van der Waals surface area contributed by atoms with E-state index >= 15 is 0 Å². The molecule has 0 unspecified atom stereocenters. The van der Waals surface area contributed by atoms with Crippen molar-refractivity contribution in [2.24, 2.45) is 0 Å². The van der Waals surface area contributed by atoms with Crippen LogP contribution in [0.2, 0.25) is 0 Å². The molecule has 2 nitrogen and oxygen atoms in total. The van der Waals surface area contributed by atoms with Crippen LogP contribution < -0.4 is 5.32 Å². The van der Waals surface area contributed by atoms with E-state index in [1.165, 1.54) is 18.9 Å². The molecule has 1 heterocycles. The summed E-state index contributed by atoms with van der Waals surface area (Å²) in [7, 11) is 0. The molecular formula is C11H13F3N2. The van der Waals surface area contributed by atoms with Gasteiger partial charge in [0.2, 0.25) is 0 Å². The molecule has 1 aliphatic rings. The van der Waals surface area contributed by atoms with E-state index in [1.807, 2.05) is 0 Å². The quantitative estimate of drug-likeness (QED) is 0.841. The Balaban J connectivity index is 2.01. The van der Waals surface area contributed by atoms with Gasteiger partial charge in [-0.05, 0) is 25.0 Å². The highest BCUT2D eigenvalue weighted by Crippen LogP contribution is 2.29. The SMILES string of the molecule is FC(F)(F)c1ccc(NC2CCCC2)nc1. The second kappa shape index (κ2) is 4.31. The van der Waals surface area contributed by atoms with Gasteiger partial charge in [0, 0.05) is 12.2 Å². The second-order valence-corrected chi connectivity index (χ2v) is 4.06. The van der Waals surface area contributed by atoms with Gasteiger partial charge >= 0.3 is 6.18 Å². The first-order valence-electron chi connectivity index (χ1n) is 5.35. The van der Waals surface area contributed by atoms with Crippen LogP contribution in [0.3, 0.4) is 0 Å². The molecule has 1 N–H and O–H groups in total. The van der Waals surface area contributed by atoms with Gasteiger partial charge in [0.25, 0.3) is 0 Å². The van der Waals surface area contributed by atoms with E-state index in [9.17, 15) is 13.2 Å². The highest BCUT2D eigenvalue weighted by atomic mass is 19.4. The number of aromatic nitrogens is 1. The molecule has 0 atom stereocenters.